The Morgan fingerprint density at radius 3 is 2.12 bits per heavy atom. The number of hydrogen-bond acceptors (Lipinski definition) is 4. The molecule has 0 amide bonds. The molecule has 4 aromatic rings. The van der Waals surface area contributed by atoms with Gasteiger partial charge in [0.05, 0.1) is 0 Å². The topological polar surface area (TPSA) is 51.0 Å². The van der Waals surface area contributed by atoms with E-state index in [-0.39, 0.29) is 11.9 Å². The first-order valence-corrected chi connectivity index (χ1v) is 8.25. The number of benzene rings is 3. The van der Waals surface area contributed by atoms with E-state index in [1.807, 2.05) is 60.7 Å². The molecule has 0 radical (unpaired) electrons. The Kier molecular flexibility index (Phi) is 4.43. The van der Waals surface area contributed by atoms with Crippen LogP contribution in [0.3, 0.4) is 0 Å². The molecule has 1 heterocycles. The minimum Gasteiger partial charge on any atom is -0.418 e. The highest BCUT2D eigenvalue weighted by molar-refractivity contribution is 5.52. The zero-order chi connectivity index (χ0) is 17.8. The summed E-state index contributed by atoms with van der Waals surface area (Å²) in [6.45, 7) is 0. The van der Waals surface area contributed by atoms with Crippen LogP contribution in [0.5, 0.6) is 0 Å². The normalized spacial score (nSPS) is 11.9. The maximum absolute atomic E-state index is 13.3. The van der Waals surface area contributed by atoms with E-state index in [2.05, 4.69) is 15.5 Å². The SMILES string of the molecule is Fc1ccc(C(Nc2ccccc2)c2nnc(-c3ccccc3)o2)cc1. The van der Waals surface area contributed by atoms with Crippen LogP contribution in [0, 0.1) is 5.82 Å². The Balaban J connectivity index is 1.71. The van der Waals surface area contributed by atoms with Crippen molar-refractivity contribution in [2.24, 2.45) is 0 Å². The molecule has 0 bridgehead atoms. The number of hydrogen-bond donors (Lipinski definition) is 1. The maximum atomic E-state index is 13.3. The minimum absolute atomic E-state index is 0.289. The van der Waals surface area contributed by atoms with E-state index in [4.69, 9.17) is 4.42 Å². The summed E-state index contributed by atoms with van der Waals surface area (Å²) in [4.78, 5) is 0. The molecule has 0 spiro atoms. The van der Waals surface area contributed by atoms with E-state index >= 15 is 0 Å². The third-order valence-electron chi connectivity index (χ3n) is 4.00. The van der Waals surface area contributed by atoms with Crippen LogP contribution in [0.1, 0.15) is 17.5 Å². The van der Waals surface area contributed by atoms with Crippen molar-refractivity contribution >= 4 is 5.69 Å². The number of rotatable bonds is 5. The van der Waals surface area contributed by atoms with Crippen LogP contribution in [0.15, 0.2) is 89.3 Å². The largest absolute Gasteiger partial charge is 0.418 e. The van der Waals surface area contributed by atoms with Gasteiger partial charge in [0.25, 0.3) is 0 Å². The summed E-state index contributed by atoms with van der Waals surface area (Å²) in [6, 6.07) is 25.2. The first-order valence-electron chi connectivity index (χ1n) is 8.25. The average molecular weight is 345 g/mol. The van der Waals surface area contributed by atoms with Crippen molar-refractivity contribution in [2.75, 3.05) is 5.32 Å². The third-order valence-corrected chi connectivity index (χ3v) is 4.00. The molecule has 1 aromatic heterocycles. The fourth-order valence-electron chi connectivity index (χ4n) is 2.69. The summed E-state index contributed by atoms with van der Waals surface area (Å²) in [5.41, 5.74) is 2.59. The second kappa shape index (κ2) is 7.19. The van der Waals surface area contributed by atoms with Crippen molar-refractivity contribution in [1.82, 2.24) is 10.2 Å². The summed E-state index contributed by atoms with van der Waals surface area (Å²) in [5.74, 6) is 0.574. The highest BCUT2D eigenvalue weighted by Crippen LogP contribution is 2.28. The van der Waals surface area contributed by atoms with Crippen molar-refractivity contribution in [1.29, 1.82) is 0 Å². The fourth-order valence-corrected chi connectivity index (χ4v) is 2.69. The zero-order valence-electron chi connectivity index (χ0n) is 13.8. The van der Waals surface area contributed by atoms with Crippen LogP contribution in [0.25, 0.3) is 11.5 Å². The molecule has 0 aliphatic heterocycles. The zero-order valence-corrected chi connectivity index (χ0v) is 13.8. The number of para-hydroxylation sites is 1. The van der Waals surface area contributed by atoms with Gasteiger partial charge in [-0.05, 0) is 42.0 Å². The van der Waals surface area contributed by atoms with Crippen molar-refractivity contribution < 1.29 is 8.81 Å². The van der Waals surface area contributed by atoms with E-state index in [1.54, 1.807) is 12.1 Å². The number of anilines is 1. The first-order chi connectivity index (χ1) is 12.8. The molecular formula is C21H16FN3O. The quantitative estimate of drug-likeness (QED) is 0.548. The lowest BCUT2D eigenvalue weighted by atomic mass is 10.1. The predicted molar refractivity (Wildman–Crippen MR) is 98.0 cm³/mol. The molecule has 0 fully saturated rings. The van der Waals surface area contributed by atoms with Crippen molar-refractivity contribution in [3.63, 3.8) is 0 Å². The van der Waals surface area contributed by atoms with Gasteiger partial charge in [0.15, 0.2) is 0 Å². The number of nitrogens with zero attached hydrogens (tertiary/aromatic N) is 2. The van der Waals surface area contributed by atoms with Gasteiger partial charge in [0, 0.05) is 11.3 Å². The standard InChI is InChI=1S/C21H16FN3O/c22-17-13-11-15(12-14-17)19(23-18-9-5-2-6-10-18)21-25-24-20(26-21)16-7-3-1-4-8-16/h1-14,19,23H. The van der Waals surface area contributed by atoms with Crippen molar-refractivity contribution in [2.45, 2.75) is 6.04 Å². The van der Waals surface area contributed by atoms with Gasteiger partial charge in [-0.25, -0.2) is 4.39 Å². The Hall–Kier alpha value is -3.47. The van der Waals surface area contributed by atoms with E-state index in [9.17, 15) is 4.39 Å². The molecule has 0 saturated carbocycles. The van der Waals surface area contributed by atoms with Crippen molar-refractivity contribution in [3.8, 4) is 11.5 Å². The number of halogens is 1. The molecule has 4 nitrogen and oxygen atoms in total. The van der Waals surface area contributed by atoms with Crippen LogP contribution in [-0.4, -0.2) is 10.2 Å². The van der Waals surface area contributed by atoms with Crippen LogP contribution < -0.4 is 5.32 Å². The van der Waals surface area contributed by atoms with E-state index in [1.165, 1.54) is 12.1 Å². The summed E-state index contributed by atoms with van der Waals surface area (Å²) in [7, 11) is 0. The highest BCUT2D eigenvalue weighted by atomic mass is 19.1. The van der Waals surface area contributed by atoms with Gasteiger partial charge in [0.1, 0.15) is 11.9 Å². The second-order valence-corrected chi connectivity index (χ2v) is 5.81. The van der Waals surface area contributed by atoms with Gasteiger partial charge in [-0.1, -0.05) is 48.5 Å². The average Bonchev–Trinajstić information content (AvgIpc) is 3.18. The fraction of sp³-hybridized carbons (Fsp3) is 0.0476. The molecule has 4 rings (SSSR count). The van der Waals surface area contributed by atoms with Gasteiger partial charge in [-0.15, -0.1) is 10.2 Å². The summed E-state index contributed by atoms with van der Waals surface area (Å²) in [6.07, 6.45) is 0. The smallest absolute Gasteiger partial charge is 0.247 e. The van der Waals surface area contributed by atoms with Crippen LogP contribution >= 0.6 is 0 Å². The molecule has 1 unspecified atom stereocenters. The summed E-state index contributed by atoms with van der Waals surface area (Å²) in [5, 5.41) is 11.8. The molecule has 1 atom stereocenters. The molecule has 1 N–H and O–H groups in total. The van der Waals surface area contributed by atoms with Crippen LogP contribution in [0.4, 0.5) is 10.1 Å². The van der Waals surface area contributed by atoms with E-state index in [0.717, 1.165) is 16.8 Å². The Morgan fingerprint density at radius 1 is 0.769 bits per heavy atom. The Labute approximate surface area is 150 Å². The molecule has 26 heavy (non-hydrogen) atoms. The molecule has 128 valence electrons. The van der Waals surface area contributed by atoms with Gasteiger partial charge >= 0.3 is 0 Å². The lowest BCUT2D eigenvalue weighted by Gasteiger charge is -2.17. The lowest BCUT2D eigenvalue weighted by Crippen LogP contribution is -2.13. The van der Waals surface area contributed by atoms with Gasteiger partial charge in [-0.3, -0.25) is 0 Å². The first kappa shape index (κ1) is 16.0. The van der Waals surface area contributed by atoms with Crippen molar-refractivity contribution in [3.05, 3.63) is 102 Å². The lowest BCUT2D eigenvalue weighted by molar-refractivity contribution is 0.494. The van der Waals surface area contributed by atoms with Crippen LogP contribution in [-0.2, 0) is 0 Å². The van der Waals surface area contributed by atoms with Gasteiger partial charge < -0.3 is 9.73 Å². The number of nitrogens with one attached hydrogen (secondary N) is 1. The summed E-state index contributed by atoms with van der Waals surface area (Å²) >= 11 is 0. The monoisotopic (exact) mass is 345 g/mol. The molecule has 0 saturated heterocycles. The minimum atomic E-state index is -0.386. The van der Waals surface area contributed by atoms with Crippen LogP contribution in [0.2, 0.25) is 0 Å². The molecule has 0 aliphatic rings. The molecule has 3 aromatic carbocycles. The van der Waals surface area contributed by atoms with Gasteiger partial charge in [-0.2, -0.15) is 0 Å². The summed E-state index contributed by atoms with van der Waals surface area (Å²) < 4.78 is 19.2. The van der Waals surface area contributed by atoms with E-state index < -0.39 is 0 Å². The molecule has 5 heteroatoms. The van der Waals surface area contributed by atoms with Gasteiger partial charge in [0.2, 0.25) is 11.8 Å². The number of aromatic nitrogens is 2. The third kappa shape index (κ3) is 3.47. The van der Waals surface area contributed by atoms with E-state index in [0.29, 0.717) is 11.8 Å². The highest BCUT2D eigenvalue weighted by Gasteiger charge is 2.21. The predicted octanol–water partition coefficient (Wildman–Crippen LogP) is 5.08. The second-order valence-electron chi connectivity index (χ2n) is 5.81. The Morgan fingerprint density at radius 2 is 1.42 bits per heavy atom. The molecule has 0 aliphatic carbocycles. The maximum Gasteiger partial charge on any atom is 0.247 e. The Bertz CT molecular complexity index is 969. The molecular weight excluding hydrogens is 329 g/mol.